The minimum absolute atomic E-state index is 0.147. The highest BCUT2D eigenvalue weighted by molar-refractivity contribution is 6.04. The normalized spacial score (nSPS) is 15.9. The highest BCUT2D eigenvalue weighted by Crippen LogP contribution is 2.26. The number of aromatic nitrogens is 2. The molecule has 2 aromatic carbocycles. The summed E-state index contributed by atoms with van der Waals surface area (Å²) in [5.41, 5.74) is 2.54. The minimum Gasteiger partial charge on any atom is -0.462 e. The first kappa shape index (κ1) is 21.7. The Balaban J connectivity index is 1.67. The number of amides is 1. The summed E-state index contributed by atoms with van der Waals surface area (Å²) in [5, 5.41) is 2.90. The van der Waals surface area contributed by atoms with E-state index in [0.717, 1.165) is 24.1 Å². The van der Waals surface area contributed by atoms with Gasteiger partial charge in [-0.1, -0.05) is 25.1 Å². The SMILES string of the molecule is CCc1c(C(=O)Nc2ccccc2)nc(-c2ccc(F)cc2)n1CCC1CCCC(=O)O1. The van der Waals surface area contributed by atoms with Crippen molar-refractivity contribution in [3.05, 3.63) is 71.8 Å². The Morgan fingerprint density at radius 2 is 1.94 bits per heavy atom. The second-order valence-electron chi connectivity index (χ2n) is 7.86. The van der Waals surface area contributed by atoms with Crippen LogP contribution in [0.25, 0.3) is 11.4 Å². The maximum absolute atomic E-state index is 13.5. The van der Waals surface area contributed by atoms with Crippen LogP contribution in [-0.4, -0.2) is 27.5 Å². The van der Waals surface area contributed by atoms with Crippen molar-refractivity contribution in [2.75, 3.05) is 5.32 Å². The molecule has 1 aliphatic heterocycles. The first-order valence-electron chi connectivity index (χ1n) is 11.0. The quantitative estimate of drug-likeness (QED) is 0.531. The van der Waals surface area contributed by atoms with Crippen LogP contribution in [0.5, 0.6) is 0 Å². The molecule has 32 heavy (non-hydrogen) atoms. The molecule has 0 aliphatic carbocycles. The molecule has 1 amide bonds. The number of anilines is 1. The van der Waals surface area contributed by atoms with Crippen LogP contribution in [0.2, 0.25) is 0 Å². The monoisotopic (exact) mass is 435 g/mol. The predicted octanol–water partition coefficient (Wildman–Crippen LogP) is 4.99. The number of halogens is 1. The van der Waals surface area contributed by atoms with E-state index in [4.69, 9.17) is 4.74 Å². The lowest BCUT2D eigenvalue weighted by atomic mass is 10.1. The van der Waals surface area contributed by atoms with Gasteiger partial charge in [-0.3, -0.25) is 9.59 Å². The average molecular weight is 435 g/mol. The fraction of sp³-hybridized carbons (Fsp3) is 0.320. The summed E-state index contributed by atoms with van der Waals surface area (Å²) < 4.78 is 21.0. The number of imidazole rings is 1. The minimum atomic E-state index is -0.335. The number of esters is 1. The van der Waals surface area contributed by atoms with Crippen molar-refractivity contribution in [3.63, 3.8) is 0 Å². The Hall–Kier alpha value is -3.48. The van der Waals surface area contributed by atoms with Gasteiger partial charge in [0.1, 0.15) is 23.4 Å². The van der Waals surface area contributed by atoms with E-state index in [2.05, 4.69) is 10.3 Å². The van der Waals surface area contributed by atoms with Crippen LogP contribution in [0.1, 0.15) is 48.8 Å². The topological polar surface area (TPSA) is 73.2 Å². The molecule has 1 saturated heterocycles. The number of rotatable bonds is 7. The zero-order chi connectivity index (χ0) is 22.5. The van der Waals surface area contributed by atoms with Crippen molar-refractivity contribution in [1.29, 1.82) is 0 Å². The molecule has 4 rings (SSSR count). The molecule has 1 fully saturated rings. The van der Waals surface area contributed by atoms with E-state index in [1.807, 2.05) is 41.8 Å². The number of para-hydroxylation sites is 1. The second kappa shape index (κ2) is 9.77. The molecule has 1 N–H and O–H groups in total. The molecule has 7 heteroatoms. The Labute approximate surface area is 186 Å². The summed E-state index contributed by atoms with van der Waals surface area (Å²) in [4.78, 5) is 29.4. The highest BCUT2D eigenvalue weighted by Gasteiger charge is 2.25. The molecule has 1 aromatic heterocycles. The second-order valence-corrected chi connectivity index (χ2v) is 7.86. The van der Waals surface area contributed by atoms with E-state index >= 15 is 0 Å². The van der Waals surface area contributed by atoms with Crippen LogP contribution in [0, 0.1) is 5.82 Å². The van der Waals surface area contributed by atoms with Crippen molar-refractivity contribution in [2.24, 2.45) is 0 Å². The summed E-state index contributed by atoms with van der Waals surface area (Å²) >= 11 is 0. The first-order chi connectivity index (χ1) is 15.5. The van der Waals surface area contributed by atoms with E-state index in [1.165, 1.54) is 12.1 Å². The maximum Gasteiger partial charge on any atom is 0.306 e. The van der Waals surface area contributed by atoms with Gasteiger partial charge in [0.05, 0.1) is 5.69 Å². The lowest BCUT2D eigenvalue weighted by Gasteiger charge is -2.23. The van der Waals surface area contributed by atoms with Crippen LogP contribution in [-0.2, 0) is 22.5 Å². The molecule has 0 bridgehead atoms. The third kappa shape index (κ3) is 4.88. The van der Waals surface area contributed by atoms with E-state index < -0.39 is 0 Å². The van der Waals surface area contributed by atoms with Gasteiger partial charge in [-0.2, -0.15) is 0 Å². The molecule has 1 aliphatic rings. The zero-order valence-electron chi connectivity index (χ0n) is 18.0. The molecule has 6 nitrogen and oxygen atoms in total. The number of nitrogens with zero attached hydrogens (tertiary/aromatic N) is 2. The van der Waals surface area contributed by atoms with Crippen molar-refractivity contribution >= 4 is 17.6 Å². The van der Waals surface area contributed by atoms with Gasteiger partial charge in [0, 0.05) is 30.6 Å². The van der Waals surface area contributed by atoms with Gasteiger partial charge in [0.25, 0.3) is 5.91 Å². The third-order valence-corrected chi connectivity index (χ3v) is 5.64. The summed E-state index contributed by atoms with van der Waals surface area (Å²) in [6, 6.07) is 15.3. The van der Waals surface area contributed by atoms with Gasteiger partial charge >= 0.3 is 5.97 Å². The summed E-state index contributed by atoms with van der Waals surface area (Å²) in [6.45, 7) is 2.52. The van der Waals surface area contributed by atoms with Gasteiger partial charge in [-0.05, 0) is 55.7 Å². The molecular formula is C25H26FN3O3. The smallest absolute Gasteiger partial charge is 0.306 e. The Morgan fingerprint density at radius 1 is 1.19 bits per heavy atom. The van der Waals surface area contributed by atoms with E-state index in [-0.39, 0.29) is 23.8 Å². The first-order valence-corrected chi connectivity index (χ1v) is 11.0. The fourth-order valence-electron chi connectivity index (χ4n) is 4.05. The average Bonchev–Trinajstić information content (AvgIpc) is 3.17. The molecule has 0 radical (unpaired) electrons. The van der Waals surface area contributed by atoms with Crippen LogP contribution in [0.4, 0.5) is 10.1 Å². The van der Waals surface area contributed by atoms with Gasteiger partial charge < -0.3 is 14.6 Å². The zero-order valence-corrected chi connectivity index (χ0v) is 18.0. The molecule has 2 heterocycles. The molecule has 1 atom stereocenters. The number of nitrogens with one attached hydrogen (secondary N) is 1. The number of carbonyl (C=O) groups is 2. The van der Waals surface area contributed by atoms with E-state index in [9.17, 15) is 14.0 Å². The third-order valence-electron chi connectivity index (χ3n) is 5.64. The number of hydrogen-bond acceptors (Lipinski definition) is 4. The molecule has 0 spiro atoms. The van der Waals surface area contributed by atoms with Crippen molar-refractivity contribution < 1.29 is 18.7 Å². The number of cyclic esters (lactones) is 1. The Bertz CT molecular complexity index is 1090. The van der Waals surface area contributed by atoms with Crippen LogP contribution >= 0.6 is 0 Å². The standard InChI is InChI=1S/C25H26FN3O3/c1-2-21-23(25(31)27-19-7-4-3-5-8-19)28-24(17-11-13-18(26)14-12-17)29(21)16-15-20-9-6-10-22(30)32-20/h3-5,7-8,11-14,20H,2,6,9-10,15-16H2,1H3,(H,27,31). The van der Waals surface area contributed by atoms with Crippen molar-refractivity contribution in [3.8, 4) is 11.4 Å². The van der Waals surface area contributed by atoms with Crippen molar-refractivity contribution in [2.45, 2.75) is 51.7 Å². The number of ether oxygens (including phenoxy) is 1. The summed E-state index contributed by atoms with van der Waals surface area (Å²) in [5.74, 6) is -0.190. The summed E-state index contributed by atoms with van der Waals surface area (Å²) in [7, 11) is 0. The lowest BCUT2D eigenvalue weighted by Crippen LogP contribution is -2.25. The molecule has 1 unspecified atom stereocenters. The van der Waals surface area contributed by atoms with Gasteiger partial charge in [0.15, 0.2) is 0 Å². The van der Waals surface area contributed by atoms with Crippen LogP contribution in [0.3, 0.4) is 0 Å². The molecule has 3 aromatic rings. The molecule has 166 valence electrons. The Kier molecular flexibility index (Phi) is 6.63. The predicted molar refractivity (Wildman–Crippen MR) is 120 cm³/mol. The largest absolute Gasteiger partial charge is 0.462 e. The fourth-order valence-corrected chi connectivity index (χ4v) is 4.05. The number of benzene rings is 2. The van der Waals surface area contributed by atoms with Crippen molar-refractivity contribution in [1.82, 2.24) is 9.55 Å². The molecule has 0 saturated carbocycles. The molecular weight excluding hydrogens is 409 g/mol. The van der Waals surface area contributed by atoms with Crippen LogP contribution < -0.4 is 5.32 Å². The van der Waals surface area contributed by atoms with Gasteiger partial charge in [-0.25, -0.2) is 9.37 Å². The van der Waals surface area contributed by atoms with E-state index in [1.54, 1.807) is 12.1 Å². The summed E-state index contributed by atoms with van der Waals surface area (Å²) in [6.07, 6.45) is 3.19. The van der Waals surface area contributed by atoms with Gasteiger partial charge in [-0.15, -0.1) is 0 Å². The number of hydrogen-bond donors (Lipinski definition) is 1. The Morgan fingerprint density at radius 3 is 2.62 bits per heavy atom. The van der Waals surface area contributed by atoms with Crippen LogP contribution in [0.15, 0.2) is 54.6 Å². The maximum atomic E-state index is 13.5. The highest BCUT2D eigenvalue weighted by atomic mass is 19.1. The van der Waals surface area contributed by atoms with Gasteiger partial charge in [0.2, 0.25) is 0 Å². The lowest BCUT2D eigenvalue weighted by molar-refractivity contribution is -0.154. The van der Waals surface area contributed by atoms with E-state index in [0.29, 0.717) is 43.0 Å². The number of carbonyl (C=O) groups excluding carboxylic acids is 2.